The topological polar surface area (TPSA) is 70.1 Å². The first-order chi connectivity index (χ1) is 13.6. The van der Waals surface area contributed by atoms with Gasteiger partial charge >= 0.3 is 0 Å². The molecule has 0 unspecified atom stereocenters. The maximum absolute atomic E-state index is 13.0. The van der Waals surface area contributed by atoms with Gasteiger partial charge in [0.25, 0.3) is 0 Å². The van der Waals surface area contributed by atoms with E-state index in [1.54, 1.807) is 7.11 Å². The second-order valence-electron chi connectivity index (χ2n) is 8.38. The van der Waals surface area contributed by atoms with Crippen LogP contribution in [0.2, 0.25) is 0 Å². The average Bonchev–Trinajstić information content (AvgIpc) is 2.73. The van der Waals surface area contributed by atoms with Gasteiger partial charge in [0, 0.05) is 32.0 Å². The standard InChI is InChI=1S/C22H30N2O4/c1-28-20-7-3-2-5-15(20)9-10-21(26)23-12-16-11-17(13-23)19(14-25)24-18(16)6-4-8-22(24)27/h2-3,5,7,16-19,25H,4,6,8-14H2,1H3/t16-,17+,18+,19+/m1/s1. The second-order valence-corrected chi connectivity index (χ2v) is 8.38. The fraction of sp³-hybridized carbons (Fsp3) is 0.636. The summed E-state index contributed by atoms with van der Waals surface area (Å²) in [6.07, 6.45) is 4.62. The summed E-state index contributed by atoms with van der Waals surface area (Å²) in [5, 5.41) is 9.98. The molecular formula is C22H30N2O4. The van der Waals surface area contributed by atoms with E-state index in [0.29, 0.717) is 31.7 Å². The van der Waals surface area contributed by atoms with E-state index in [0.717, 1.165) is 37.1 Å². The van der Waals surface area contributed by atoms with E-state index in [-0.39, 0.29) is 36.4 Å². The highest BCUT2D eigenvalue weighted by Crippen LogP contribution is 2.41. The SMILES string of the molecule is COc1ccccc1CCC(=O)N1C[C@H]2C[C@@H](C1)[C@H](CO)N1C(=O)CCC[C@@H]21. The lowest BCUT2D eigenvalue weighted by Crippen LogP contribution is -2.66. The molecule has 0 aliphatic carbocycles. The summed E-state index contributed by atoms with van der Waals surface area (Å²) in [7, 11) is 1.65. The molecule has 3 fully saturated rings. The zero-order valence-electron chi connectivity index (χ0n) is 16.5. The minimum Gasteiger partial charge on any atom is -0.496 e. The first-order valence-corrected chi connectivity index (χ1v) is 10.4. The molecular weight excluding hydrogens is 356 g/mol. The van der Waals surface area contributed by atoms with Gasteiger partial charge in [0.2, 0.25) is 11.8 Å². The fourth-order valence-corrected chi connectivity index (χ4v) is 5.52. The Morgan fingerprint density at radius 2 is 2.04 bits per heavy atom. The number of methoxy groups -OCH3 is 1. The Kier molecular flexibility index (Phi) is 5.58. The van der Waals surface area contributed by atoms with E-state index in [1.807, 2.05) is 34.1 Å². The minimum absolute atomic E-state index is 0.0110. The summed E-state index contributed by atoms with van der Waals surface area (Å²) < 4.78 is 5.39. The lowest BCUT2D eigenvalue weighted by molar-refractivity contribution is -0.158. The quantitative estimate of drug-likeness (QED) is 0.838. The van der Waals surface area contributed by atoms with Crippen molar-refractivity contribution in [3.8, 4) is 5.75 Å². The van der Waals surface area contributed by atoms with E-state index in [2.05, 4.69) is 0 Å². The zero-order valence-corrected chi connectivity index (χ0v) is 16.5. The van der Waals surface area contributed by atoms with Crippen LogP contribution in [0.5, 0.6) is 5.75 Å². The number of benzene rings is 1. The zero-order chi connectivity index (χ0) is 19.7. The number of para-hydroxylation sites is 1. The molecule has 0 saturated carbocycles. The summed E-state index contributed by atoms with van der Waals surface area (Å²) in [5.41, 5.74) is 1.05. The van der Waals surface area contributed by atoms with E-state index in [4.69, 9.17) is 4.74 Å². The van der Waals surface area contributed by atoms with Crippen LogP contribution >= 0.6 is 0 Å². The van der Waals surface area contributed by atoms with Crippen molar-refractivity contribution in [3.63, 3.8) is 0 Å². The number of fused-ring (bicyclic) bond motifs is 4. The molecule has 2 amide bonds. The first kappa shape index (κ1) is 19.2. The fourth-order valence-electron chi connectivity index (χ4n) is 5.52. The molecule has 1 aromatic carbocycles. The Labute approximate surface area is 166 Å². The maximum Gasteiger partial charge on any atom is 0.223 e. The van der Waals surface area contributed by atoms with Gasteiger partial charge < -0.3 is 19.6 Å². The number of carbonyl (C=O) groups is 2. The highest BCUT2D eigenvalue weighted by molar-refractivity contribution is 5.79. The van der Waals surface area contributed by atoms with Gasteiger partial charge in [-0.2, -0.15) is 0 Å². The highest BCUT2D eigenvalue weighted by atomic mass is 16.5. The van der Waals surface area contributed by atoms with Crippen molar-refractivity contribution in [2.24, 2.45) is 11.8 Å². The molecule has 0 radical (unpaired) electrons. The van der Waals surface area contributed by atoms with E-state index >= 15 is 0 Å². The third-order valence-electron chi connectivity index (χ3n) is 6.84. The van der Waals surface area contributed by atoms with Gasteiger partial charge in [0.05, 0.1) is 19.8 Å². The van der Waals surface area contributed by atoms with Crippen LogP contribution in [0.1, 0.15) is 37.7 Å². The van der Waals surface area contributed by atoms with Gasteiger partial charge in [-0.1, -0.05) is 18.2 Å². The van der Waals surface area contributed by atoms with Crippen LogP contribution in [0.4, 0.5) is 0 Å². The number of carbonyl (C=O) groups excluding carboxylic acids is 2. The predicted molar refractivity (Wildman–Crippen MR) is 105 cm³/mol. The summed E-state index contributed by atoms with van der Waals surface area (Å²) in [6, 6.07) is 7.87. The second kappa shape index (κ2) is 8.11. The van der Waals surface area contributed by atoms with Gasteiger partial charge in [-0.3, -0.25) is 9.59 Å². The van der Waals surface area contributed by atoms with Crippen molar-refractivity contribution in [1.29, 1.82) is 0 Å². The smallest absolute Gasteiger partial charge is 0.223 e. The van der Waals surface area contributed by atoms with Crippen LogP contribution in [-0.2, 0) is 16.0 Å². The Morgan fingerprint density at radius 1 is 1.25 bits per heavy atom. The lowest BCUT2D eigenvalue weighted by atomic mass is 9.72. The molecule has 3 saturated heterocycles. The number of piperidine rings is 3. The van der Waals surface area contributed by atoms with Crippen molar-refractivity contribution in [3.05, 3.63) is 29.8 Å². The lowest BCUT2D eigenvalue weighted by Gasteiger charge is -2.56. The molecule has 2 bridgehead atoms. The van der Waals surface area contributed by atoms with E-state index < -0.39 is 0 Å². The summed E-state index contributed by atoms with van der Waals surface area (Å²) in [6.45, 7) is 1.36. The number of aliphatic hydroxyl groups is 1. The van der Waals surface area contributed by atoms with Crippen molar-refractivity contribution >= 4 is 11.8 Å². The van der Waals surface area contributed by atoms with Crippen LogP contribution in [-0.4, -0.2) is 65.6 Å². The molecule has 0 aromatic heterocycles. The third kappa shape index (κ3) is 3.50. The summed E-state index contributed by atoms with van der Waals surface area (Å²) >= 11 is 0. The van der Waals surface area contributed by atoms with Crippen LogP contribution in [0.15, 0.2) is 24.3 Å². The maximum atomic E-state index is 13.0. The number of aliphatic hydroxyl groups excluding tert-OH is 1. The molecule has 6 heteroatoms. The number of ether oxygens (including phenoxy) is 1. The number of rotatable bonds is 5. The van der Waals surface area contributed by atoms with E-state index in [1.165, 1.54) is 0 Å². The van der Waals surface area contributed by atoms with Gasteiger partial charge in [-0.05, 0) is 49.1 Å². The number of amides is 2. The van der Waals surface area contributed by atoms with Crippen molar-refractivity contribution in [1.82, 2.24) is 9.80 Å². The van der Waals surface area contributed by atoms with Gasteiger partial charge in [-0.25, -0.2) is 0 Å². The average molecular weight is 386 g/mol. The summed E-state index contributed by atoms with van der Waals surface area (Å²) in [4.78, 5) is 29.4. The van der Waals surface area contributed by atoms with Gasteiger partial charge in [-0.15, -0.1) is 0 Å². The predicted octanol–water partition coefficient (Wildman–Crippen LogP) is 1.85. The van der Waals surface area contributed by atoms with Crippen LogP contribution in [0.25, 0.3) is 0 Å². The Morgan fingerprint density at radius 3 is 2.82 bits per heavy atom. The molecule has 152 valence electrons. The van der Waals surface area contributed by atoms with Crippen molar-refractivity contribution in [2.75, 3.05) is 26.8 Å². The number of aryl methyl sites for hydroxylation is 1. The van der Waals surface area contributed by atoms with Crippen molar-refractivity contribution < 1.29 is 19.4 Å². The minimum atomic E-state index is -0.140. The monoisotopic (exact) mass is 386 g/mol. The molecule has 3 aliphatic heterocycles. The highest BCUT2D eigenvalue weighted by Gasteiger charge is 2.49. The Balaban J connectivity index is 1.44. The number of hydrogen-bond acceptors (Lipinski definition) is 4. The number of nitrogens with zero attached hydrogens (tertiary/aromatic N) is 2. The molecule has 4 rings (SSSR count). The molecule has 3 aliphatic rings. The number of likely N-dealkylation sites (tertiary alicyclic amines) is 1. The molecule has 6 nitrogen and oxygen atoms in total. The number of hydrogen-bond donors (Lipinski definition) is 1. The molecule has 28 heavy (non-hydrogen) atoms. The van der Waals surface area contributed by atoms with E-state index in [9.17, 15) is 14.7 Å². The molecule has 0 spiro atoms. The molecule has 1 N–H and O–H groups in total. The summed E-state index contributed by atoms with van der Waals surface area (Å²) in [5.74, 6) is 1.68. The largest absolute Gasteiger partial charge is 0.496 e. The molecule has 1 aromatic rings. The van der Waals surface area contributed by atoms with Crippen LogP contribution < -0.4 is 4.74 Å². The first-order valence-electron chi connectivity index (χ1n) is 10.4. The van der Waals surface area contributed by atoms with Crippen LogP contribution in [0, 0.1) is 11.8 Å². The van der Waals surface area contributed by atoms with Crippen LogP contribution in [0.3, 0.4) is 0 Å². The normalized spacial score (nSPS) is 29.4. The van der Waals surface area contributed by atoms with Gasteiger partial charge in [0.15, 0.2) is 0 Å². The Hall–Kier alpha value is -2.08. The molecule has 4 atom stereocenters. The van der Waals surface area contributed by atoms with Gasteiger partial charge in [0.1, 0.15) is 5.75 Å². The molecule has 3 heterocycles. The third-order valence-corrected chi connectivity index (χ3v) is 6.84. The Bertz CT molecular complexity index is 723. The van der Waals surface area contributed by atoms with Crippen molar-refractivity contribution in [2.45, 2.75) is 50.6 Å².